The number of hydrazone groups is 1. The van der Waals surface area contributed by atoms with Crippen molar-refractivity contribution in [1.82, 2.24) is 5.43 Å². The van der Waals surface area contributed by atoms with Gasteiger partial charge in [-0.1, -0.05) is 50.1 Å². The maximum atomic E-state index is 12.4. The Kier molecular flexibility index (Phi) is 7.97. The quantitative estimate of drug-likeness (QED) is 0.190. The largest absolute Gasteiger partial charge is 0.483 e. The minimum atomic E-state index is -0.500. The van der Waals surface area contributed by atoms with Crippen LogP contribution in [0, 0.1) is 6.92 Å². The number of carbonyl (C=O) groups excluding carboxylic acids is 2. The van der Waals surface area contributed by atoms with E-state index in [2.05, 4.69) is 42.4 Å². The molecule has 0 heterocycles. The summed E-state index contributed by atoms with van der Waals surface area (Å²) in [4.78, 5) is 24.4. The van der Waals surface area contributed by atoms with Crippen LogP contribution in [0.15, 0.2) is 80.8 Å². The van der Waals surface area contributed by atoms with Crippen molar-refractivity contribution < 1.29 is 19.1 Å². The number of hydrogen-bond acceptors (Lipinski definition) is 5. The van der Waals surface area contributed by atoms with E-state index in [0.717, 1.165) is 14.5 Å². The summed E-state index contributed by atoms with van der Waals surface area (Å²) in [5.74, 6) is 0.0316. The second-order valence-electron chi connectivity index (χ2n) is 6.43. The molecule has 0 saturated carbocycles. The van der Waals surface area contributed by atoms with E-state index in [4.69, 9.17) is 9.47 Å². The molecular weight excluding hydrogens is 528 g/mol. The maximum Gasteiger partial charge on any atom is 0.343 e. The summed E-state index contributed by atoms with van der Waals surface area (Å²) in [6.45, 7) is 1.72. The monoisotopic (exact) mass is 544 g/mol. The molecule has 6 nitrogen and oxygen atoms in total. The van der Waals surface area contributed by atoms with E-state index >= 15 is 0 Å². The molecule has 1 N–H and O–H groups in total. The highest BCUT2D eigenvalue weighted by Crippen LogP contribution is 2.23. The van der Waals surface area contributed by atoms with Gasteiger partial charge in [0.05, 0.1) is 11.8 Å². The predicted octanol–water partition coefficient (Wildman–Crippen LogP) is 5.27. The molecule has 0 aliphatic rings. The van der Waals surface area contributed by atoms with Crippen molar-refractivity contribution in [3.63, 3.8) is 0 Å². The van der Waals surface area contributed by atoms with Gasteiger partial charge in [0.1, 0.15) is 11.5 Å². The third-order valence-corrected chi connectivity index (χ3v) is 5.12. The van der Waals surface area contributed by atoms with Gasteiger partial charge in [0.25, 0.3) is 5.91 Å². The van der Waals surface area contributed by atoms with Crippen molar-refractivity contribution in [2.75, 3.05) is 6.61 Å². The van der Waals surface area contributed by atoms with Crippen molar-refractivity contribution in [3.8, 4) is 11.5 Å². The van der Waals surface area contributed by atoms with E-state index in [9.17, 15) is 9.59 Å². The SMILES string of the molecule is Cc1ccccc1OCC(=O)NN=Cc1cc(Br)ccc1OC(=O)c1ccc(Br)cc1. The molecule has 31 heavy (non-hydrogen) atoms. The predicted molar refractivity (Wildman–Crippen MR) is 126 cm³/mol. The number of aryl methyl sites for hydroxylation is 1. The smallest absolute Gasteiger partial charge is 0.343 e. The van der Waals surface area contributed by atoms with Crippen LogP contribution in [-0.4, -0.2) is 24.7 Å². The van der Waals surface area contributed by atoms with Crippen molar-refractivity contribution in [1.29, 1.82) is 0 Å². The second kappa shape index (κ2) is 10.9. The molecule has 0 unspecified atom stereocenters. The molecule has 0 saturated heterocycles. The van der Waals surface area contributed by atoms with Gasteiger partial charge < -0.3 is 9.47 Å². The Hall–Kier alpha value is -2.97. The van der Waals surface area contributed by atoms with Crippen molar-refractivity contribution >= 4 is 50.0 Å². The molecule has 0 atom stereocenters. The maximum absolute atomic E-state index is 12.4. The minimum Gasteiger partial charge on any atom is -0.483 e. The number of benzene rings is 3. The Bertz CT molecular complexity index is 1110. The fourth-order valence-electron chi connectivity index (χ4n) is 2.53. The summed E-state index contributed by atoms with van der Waals surface area (Å²) in [6, 6.07) is 19.4. The zero-order valence-corrected chi connectivity index (χ0v) is 19.6. The van der Waals surface area contributed by atoms with Crippen LogP contribution in [0.2, 0.25) is 0 Å². The molecule has 158 valence electrons. The van der Waals surface area contributed by atoms with Gasteiger partial charge >= 0.3 is 5.97 Å². The summed E-state index contributed by atoms with van der Waals surface area (Å²) < 4.78 is 12.6. The molecule has 3 rings (SSSR count). The second-order valence-corrected chi connectivity index (χ2v) is 8.26. The van der Waals surface area contributed by atoms with Crippen LogP contribution in [0.25, 0.3) is 0 Å². The zero-order valence-electron chi connectivity index (χ0n) is 16.5. The van der Waals surface area contributed by atoms with Crippen LogP contribution in [0.1, 0.15) is 21.5 Å². The lowest BCUT2D eigenvalue weighted by atomic mass is 10.2. The van der Waals surface area contributed by atoms with Crippen molar-refractivity contribution in [3.05, 3.63) is 92.4 Å². The Morgan fingerprint density at radius 1 is 0.968 bits per heavy atom. The number of esters is 1. The van der Waals surface area contributed by atoms with Crippen LogP contribution < -0.4 is 14.9 Å². The molecule has 0 aliphatic carbocycles. The average Bonchev–Trinajstić information content (AvgIpc) is 2.75. The lowest BCUT2D eigenvalue weighted by Crippen LogP contribution is -2.24. The van der Waals surface area contributed by atoms with Crippen molar-refractivity contribution in [2.24, 2.45) is 5.10 Å². The van der Waals surface area contributed by atoms with E-state index in [1.807, 2.05) is 25.1 Å². The molecule has 0 spiro atoms. The van der Waals surface area contributed by atoms with Gasteiger partial charge in [0.2, 0.25) is 0 Å². The first kappa shape index (κ1) is 22.7. The van der Waals surface area contributed by atoms with Crippen LogP contribution in [-0.2, 0) is 4.79 Å². The third kappa shape index (κ3) is 6.77. The van der Waals surface area contributed by atoms with Gasteiger partial charge in [-0.25, -0.2) is 10.2 Å². The van der Waals surface area contributed by atoms with Crippen LogP contribution >= 0.6 is 31.9 Å². The molecule has 0 aromatic heterocycles. The van der Waals surface area contributed by atoms with Gasteiger partial charge in [-0.15, -0.1) is 0 Å². The summed E-state index contributed by atoms with van der Waals surface area (Å²) in [5.41, 5.74) is 4.27. The molecule has 3 aromatic carbocycles. The topological polar surface area (TPSA) is 77.0 Å². The highest BCUT2D eigenvalue weighted by Gasteiger charge is 2.12. The highest BCUT2D eigenvalue weighted by molar-refractivity contribution is 9.10. The van der Waals surface area contributed by atoms with Crippen LogP contribution in [0.5, 0.6) is 11.5 Å². The van der Waals surface area contributed by atoms with Crippen molar-refractivity contribution in [2.45, 2.75) is 6.92 Å². The van der Waals surface area contributed by atoms with Gasteiger partial charge in [-0.2, -0.15) is 5.10 Å². The van der Waals surface area contributed by atoms with E-state index in [1.165, 1.54) is 6.21 Å². The number of carbonyl (C=O) groups is 2. The Morgan fingerprint density at radius 3 is 2.42 bits per heavy atom. The normalized spacial score (nSPS) is 10.7. The first-order valence-corrected chi connectivity index (χ1v) is 10.8. The fourth-order valence-corrected chi connectivity index (χ4v) is 3.17. The first-order chi connectivity index (χ1) is 14.9. The lowest BCUT2D eigenvalue weighted by molar-refractivity contribution is -0.123. The Labute approximate surface area is 196 Å². The highest BCUT2D eigenvalue weighted by atomic mass is 79.9. The Morgan fingerprint density at radius 2 is 1.68 bits per heavy atom. The standard InChI is InChI=1S/C23H18Br2N2O4/c1-15-4-2-3-5-20(15)30-14-22(28)27-26-13-17-12-19(25)10-11-21(17)31-23(29)16-6-8-18(24)9-7-16/h2-13H,14H2,1H3,(H,27,28). The van der Waals surface area contributed by atoms with Crippen LogP contribution in [0.4, 0.5) is 0 Å². The summed E-state index contributed by atoms with van der Waals surface area (Å²) in [5, 5.41) is 3.95. The van der Waals surface area contributed by atoms with E-state index in [1.54, 1.807) is 48.5 Å². The van der Waals surface area contributed by atoms with Gasteiger partial charge in [0, 0.05) is 14.5 Å². The lowest BCUT2D eigenvalue weighted by Gasteiger charge is -2.09. The number of ether oxygens (including phenoxy) is 2. The molecule has 8 heteroatoms. The number of nitrogens with one attached hydrogen (secondary N) is 1. The number of nitrogens with zero attached hydrogens (tertiary/aromatic N) is 1. The molecule has 0 aliphatic heterocycles. The molecule has 1 amide bonds. The summed E-state index contributed by atoms with van der Waals surface area (Å²) >= 11 is 6.71. The van der Waals surface area contributed by atoms with Crippen LogP contribution in [0.3, 0.4) is 0 Å². The zero-order chi connectivity index (χ0) is 22.2. The van der Waals surface area contributed by atoms with E-state index in [-0.39, 0.29) is 6.61 Å². The number of hydrogen-bond donors (Lipinski definition) is 1. The van der Waals surface area contributed by atoms with Gasteiger partial charge in [0.15, 0.2) is 6.61 Å². The first-order valence-electron chi connectivity index (χ1n) is 9.20. The number of halogens is 2. The number of para-hydroxylation sites is 1. The minimum absolute atomic E-state index is 0.175. The number of rotatable bonds is 7. The molecule has 0 radical (unpaired) electrons. The fraction of sp³-hybridized carbons (Fsp3) is 0.0870. The summed E-state index contributed by atoms with van der Waals surface area (Å²) in [7, 11) is 0. The Balaban J connectivity index is 1.62. The van der Waals surface area contributed by atoms with E-state index in [0.29, 0.717) is 22.6 Å². The average molecular weight is 546 g/mol. The molecule has 3 aromatic rings. The third-order valence-electron chi connectivity index (χ3n) is 4.10. The molecular formula is C23H18Br2N2O4. The van der Waals surface area contributed by atoms with Gasteiger partial charge in [-0.05, 0) is 61.0 Å². The molecule has 0 fully saturated rings. The number of amides is 1. The van der Waals surface area contributed by atoms with E-state index < -0.39 is 11.9 Å². The van der Waals surface area contributed by atoms with Gasteiger partial charge in [-0.3, -0.25) is 4.79 Å². The molecule has 0 bridgehead atoms. The summed E-state index contributed by atoms with van der Waals surface area (Å²) in [6.07, 6.45) is 1.40.